The topological polar surface area (TPSA) is 27.7 Å². The van der Waals surface area contributed by atoms with Crippen LogP contribution in [0.4, 0.5) is 17.6 Å². The van der Waals surface area contributed by atoms with Crippen LogP contribution in [-0.2, 0) is 0 Å². The van der Waals surface area contributed by atoms with Crippen molar-refractivity contribution in [2.24, 2.45) is 17.8 Å². The first kappa shape index (κ1) is 28.3. The third-order valence-electron chi connectivity index (χ3n) is 8.54. The molecule has 0 aromatic heterocycles. The van der Waals surface area contributed by atoms with Crippen molar-refractivity contribution in [3.05, 3.63) is 77.4 Å². The summed E-state index contributed by atoms with van der Waals surface area (Å²) in [5, 5.41) is 0. The van der Waals surface area contributed by atoms with Gasteiger partial charge in [-0.05, 0) is 118 Å². The van der Waals surface area contributed by atoms with Gasteiger partial charge in [-0.25, -0.2) is 8.78 Å². The summed E-state index contributed by atoms with van der Waals surface area (Å²) in [4.78, 5) is 0. The second-order valence-electron chi connectivity index (χ2n) is 10.9. The molecule has 0 amide bonds. The fraction of sp³-hybridized carbons (Fsp3) is 0.455. The van der Waals surface area contributed by atoms with Crippen LogP contribution in [-0.4, -0.2) is 19.8 Å². The summed E-state index contributed by atoms with van der Waals surface area (Å²) < 4.78 is 75.1. The van der Waals surface area contributed by atoms with E-state index in [4.69, 9.17) is 14.2 Å². The quantitative estimate of drug-likeness (QED) is 0.246. The van der Waals surface area contributed by atoms with E-state index in [0.29, 0.717) is 31.0 Å². The molecule has 0 N–H and O–H groups in total. The van der Waals surface area contributed by atoms with Gasteiger partial charge in [0, 0.05) is 11.1 Å². The fourth-order valence-corrected chi connectivity index (χ4v) is 6.51. The molecule has 0 spiro atoms. The number of ether oxygens (including phenoxy) is 3. The number of hydrogen-bond donors (Lipinski definition) is 0. The monoisotopic (exact) mass is 556 g/mol. The highest BCUT2D eigenvalue weighted by Gasteiger charge is 2.36. The van der Waals surface area contributed by atoms with Gasteiger partial charge in [0.1, 0.15) is 5.75 Å². The van der Waals surface area contributed by atoms with Crippen molar-refractivity contribution in [3.63, 3.8) is 0 Å². The number of hydrogen-bond acceptors (Lipinski definition) is 3. The maximum absolute atomic E-state index is 14.9. The molecule has 2 aliphatic carbocycles. The third kappa shape index (κ3) is 5.93. The lowest BCUT2D eigenvalue weighted by molar-refractivity contribution is 0.0902. The molecule has 2 fully saturated rings. The summed E-state index contributed by atoms with van der Waals surface area (Å²) in [7, 11) is 0. The van der Waals surface area contributed by atoms with Crippen molar-refractivity contribution in [1.29, 1.82) is 0 Å². The Labute approximate surface area is 233 Å². The van der Waals surface area contributed by atoms with Gasteiger partial charge in [0.2, 0.25) is 11.6 Å². The van der Waals surface area contributed by atoms with E-state index in [1.165, 1.54) is 36.2 Å². The Kier molecular flexibility index (Phi) is 8.87. The Hall–Kier alpha value is -3.22. The zero-order chi connectivity index (χ0) is 28.2. The van der Waals surface area contributed by atoms with Gasteiger partial charge in [0.15, 0.2) is 23.1 Å². The lowest BCUT2D eigenvalue weighted by atomic mass is 9.64. The standard InChI is InChI=1S/C33H36F4O3/c1-3-38-25-11-9-21(10-12-25)23-8-7-22-17-20(5-6-24(22)18-23)19-40-29-16-14-27(31(35)33(29)37)26-13-15-28(39-4-2)32(36)30(26)34/h9-16,20,22-24H,3-8,17-19H2,1-2H3. The van der Waals surface area contributed by atoms with E-state index in [2.05, 4.69) is 24.3 Å². The van der Waals surface area contributed by atoms with Crippen LogP contribution < -0.4 is 14.2 Å². The van der Waals surface area contributed by atoms with Gasteiger partial charge in [-0.3, -0.25) is 0 Å². The van der Waals surface area contributed by atoms with Crippen LogP contribution in [0.25, 0.3) is 11.1 Å². The molecule has 40 heavy (non-hydrogen) atoms. The van der Waals surface area contributed by atoms with Crippen molar-refractivity contribution in [2.75, 3.05) is 19.8 Å². The molecule has 0 radical (unpaired) electrons. The lowest BCUT2D eigenvalue weighted by Gasteiger charge is -2.42. The highest BCUT2D eigenvalue weighted by atomic mass is 19.2. The molecule has 3 nitrogen and oxygen atoms in total. The minimum absolute atomic E-state index is 0.150. The molecule has 3 aromatic rings. The van der Waals surface area contributed by atoms with Crippen LogP contribution >= 0.6 is 0 Å². The highest BCUT2D eigenvalue weighted by Crippen LogP contribution is 2.48. The van der Waals surface area contributed by atoms with Crippen LogP contribution in [0.5, 0.6) is 17.2 Å². The number of halogens is 4. The third-order valence-corrected chi connectivity index (χ3v) is 8.54. The molecule has 7 heteroatoms. The minimum Gasteiger partial charge on any atom is -0.494 e. The van der Waals surface area contributed by atoms with Crippen LogP contribution in [0.2, 0.25) is 0 Å². The Bertz CT molecular complexity index is 1310. The molecular formula is C33H36F4O3. The second kappa shape index (κ2) is 12.5. The zero-order valence-corrected chi connectivity index (χ0v) is 23.0. The van der Waals surface area contributed by atoms with Crippen LogP contribution in [0, 0.1) is 41.0 Å². The molecule has 2 aliphatic rings. The first-order valence-corrected chi connectivity index (χ1v) is 14.3. The summed E-state index contributed by atoms with van der Waals surface area (Å²) in [5.41, 5.74) is 0.637. The largest absolute Gasteiger partial charge is 0.494 e. The van der Waals surface area contributed by atoms with Gasteiger partial charge in [-0.2, -0.15) is 8.78 Å². The van der Waals surface area contributed by atoms with Gasteiger partial charge in [-0.1, -0.05) is 12.1 Å². The van der Waals surface area contributed by atoms with E-state index in [-0.39, 0.29) is 35.2 Å². The SMILES string of the molecule is CCOc1ccc(C2CCC3CC(COc4ccc(-c5ccc(OCC)c(F)c5F)c(F)c4F)CCC3C2)cc1. The van der Waals surface area contributed by atoms with Crippen LogP contribution in [0.15, 0.2) is 48.5 Å². The molecule has 5 rings (SSSR count). The minimum atomic E-state index is -1.29. The smallest absolute Gasteiger partial charge is 0.201 e. The first-order chi connectivity index (χ1) is 19.4. The molecule has 0 aliphatic heterocycles. The van der Waals surface area contributed by atoms with E-state index < -0.39 is 23.3 Å². The molecular weight excluding hydrogens is 520 g/mol. The summed E-state index contributed by atoms with van der Waals surface area (Å²) in [6.07, 6.45) is 6.57. The summed E-state index contributed by atoms with van der Waals surface area (Å²) in [6, 6.07) is 13.4. The fourth-order valence-electron chi connectivity index (χ4n) is 6.51. The molecule has 3 aromatic carbocycles. The maximum atomic E-state index is 14.9. The first-order valence-electron chi connectivity index (χ1n) is 14.3. The Morgan fingerprint density at radius 1 is 0.600 bits per heavy atom. The van der Waals surface area contributed by atoms with Gasteiger partial charge in [-0.15, -0.1) is 0 Å². The zero-order valence-electron chi connectivity index (χ0n) is 23.0. The average molecular weight is 557 g/mol. The summed E-state index contributed by atoms with van der Waals surface area (Å²) in [6.45, 7) is 4.73. The van der Waals surface area contributed by atoms with Crippen molar-refractivity contribution in [2.45, 2.75) is 58.3 Å². The predicted molar refractivity (Wildman–Crippen MR) is 147 cm³/mol. The lowest BCUT2D eigenvalue weighted by Crippen LogP contribution is -2.32. The Balaban J connectivity index is 1.18. The molecule has 0 saturated heterocycles. The molecule has 0 bridgehead atoms. The summed E-state index contributed by atoms with van der Waals surface area (Å²) in [5.74, 6) is -2.45. The van der Waals surface area contributed by atoms with Crippen molar-refractivity contribution < 1.29 is 31.8 Å². The highest BCUT2D eigenvalue weighted by molar-refractivity contribution is 5.67. The average Bonchev–Trinajstić information content (AvgIpc) is 2.97. The van der Waals surface area contributed by atoms with Crippen molar-refractivity contribution >= 4 is 0 Å². The van der Waals surface area contributed by atoms with Gasteiger partial charge in [0.25, 0.3) is 0 Å². The van der Waals surface area contributed by atoms with Gasteiger partial charge < -0.3 is 14.2 Å². The number of fused-ring (bicyclic) bond motifs is 1. The number of benzene rings is 3. The molecule has 2 saturated carbocycles. The van der Waals surface area contributed by atoms with E-state index in [0.717, 1.165) is 37.9 Å². The second-order valence-corrected chi connectivity index (χ2v) is 10.9. The van der Waals surface area contributed by atoms with E-state index >= 15 is 0 Å². The van der Waals surface area contributed by atoms with Crippen molar-refractivity contribution in [1.82, 2.24) is 0 Å². The van der Waals surface area contributed by atoms with Crippen LogP contribution in [0.1, 0.15) is 63.9 Å². The normalized spacial score (nSPS) is 22.4. The van der Waals surface area contributed by atoms with Gasteiger partial charge >= 0.3 is 0 Å². The maximum Gasteiger partial charge on any atom is 0.201 e. The van der Waals surface area contributed by atoms with Crippen LogP contribution in [0.3, 0.4) is 0 Å². The predicted octanol–water partition coefficient (Wildman–Crippen LogP) is 9.09. The molecule has 0 heterocycles. The molecule has 214 valence electrons. The summed E-state index contributed by atoms with van der Waals surface area (Å²) >= 11 is 0. The van der Waals surface area contributed by atoms with E-state index in [1.54, 1.807) is 6.92 Å². The van der Waals surface area contributed by atoms with Crippen molar-refractivity contribution in [3.8, 4) is 28.4 Å². The molecule has 4 unspecified atom stereocenters. The van der Waals surface area contributed by atoms with Gasteiger partial charge in [0.05, 0.1) is 19.8 Å². The van der Waals surface area contributed by atoms with E-state index in [9.17, 15) is 17.6 Å². The van der Waals surface area contributed by atoms with E-state index in [1.807, 2.05) is 6.92 Å². The molecule has 4 atom stereocenters. The Morgan fingerprint density at radius 3 is 1.80 bits per heavy atom. The Morgan fingerprint density at radius 2 is 1.18 bits per heavy atom. The number of rotatable bonds is 9.